The predicted octanol–water partition coefficient (Wildman–Crippen LogP) is 4.18. The van der Waals surface area contributed by atoms with Gasteiger partial charge in [0.05, 0.1) is 7.11 Å². The van der Waals surface area contributed by atoms with Gasteiger partial charge in [0.1, 0.15) is 5.75 Å². The van der Waals surface area contributed by atoms with E-state index in [0.717, 1.165) is 23.8 Å². The Morgan fingerprint density at radius 1 is 1.35 bits per heavy atom. The predicted molar refractivity (Wildman–Crippen MR) is 99.0 cm³/mol. The molecule has 5 heteroatoms. The van der Waals surface area contributed by atoms with E-state index in [1.54, 1.807) is 7.11 Å². The number of nitrogens with zero attached hydrogens (tertiary/aromatic N) is 1. The van der Waals surface area contributed by atoms with Gasteiger partial charge in [0.2, 0.25) is 0 Å². The van der Waals surface area contributed by atoms with Crippen molar-refractivity contribution in [3.8, 4) is 5.75 Å². The Morgan fingerprint density at radius 3 is 2.74 bits per heavy atom. The van der Waals surface area contributed by atoms with Crippen LogP contribution in [0.15, 0.2) is 29.4 Å². The van der Waals surface area contributed by atoms with Crippen LogP contribution in [0.1, 0.15) is 40.0 Å². The molecule has 0 heterocycles. The van der Waals surface area contributed by atoms with Crippen LogP contribution < -0.4 is 15.5 Å². The van der Waals surface area contributed by atoms with E-state index in [-0.39, 0.29) is 5.41 Å². The quantitative estimate of drug-likeness (QED) is 0.644. The van der Waals surface area contributed by atoms with Crippen molar-refractivity contribution in [1.29, 1.82) is 0 Å². The van der Waals surface area contributed by atoms with E-state index >= 15 is 0 Å². The number of hydrazone groups is 1. The molecule has 0 unspecified atom stereocenters. The first-order valence-electron chi connectivity index (χ1n) is 8.15. The highest BCUT2D eigenvalue weighted by molar-refractivity contribution is 7.80. The summed E-state index contributed by atoms with van der Waals surface area (Å²) in [4.78, 5) is 0. The average molecular weight is 331 g/mol. The molecule has 0 radical (unpaired) electrons. The minimum absolute atomic E-state index is 0.191. The maximum atomic E-state index is 5.36. The van der Waals surface area contributed by atoms with Crippen LogP contribution in [-0.4, -0.2) is 17.9 Å². The molecule has 2 N–H and O–H groups in total. The summed E-state index contributed by atoms with van der Waals surface area (Å²) in [7, 11) is 1.65. The van der Waals surface area contributed by atoms with Gasteiger partial charge in [-0.25, -0.2) is 0 Å². The van der Waals surface area contributed by atoms with Crippen molar-refractivity contribution in [3.05, 3.63) is 24.3 Å². The zero-order valence-electron chi connectivity index (χ0n) is 14.3. The first-order chi connectivity index (χ1) is 10.9. The van der Waals surface area contributed by atoms with Crippen molar-refractivity contribution in [1.82, 2.24) is 5.43 Å². The molecule has 2 aliphatic carbocycles. The molecule has 2 fully saturated rings. The molecule has 0 saturated heterocycles. The Balaban J connectivity index is 1.65. The fraction of sp³-hybridized carbons (Fsp3) is 0.556. The summed E-state index contributed by atoms with van der Waals surface area (Å²) < 4.78 is 5.22. The minimum atomic E-state index is 0.191. The van der Waals surface area contributed by atoms with E-state index in [4.69, 9.17) is 17.0 Å². The molecule has 124 valence electrons. The van der Waals surface area contributed by atoms with Crippen molar-refractivity contribution >= 4 is 28.7 Å². The topological polar surface area (TPSA) is 45.6 Å². The number of hydrogen-bond donors (Lipinski definition) is 2. The SMILES string of the molecule is COc1cccc(NC(=S)N/N=C2/C[C@H]3CC[C@@]2(C)C3(C)C)c1. The molecule has 0 amide bonds. The molecule has 0 spiro atoms. The van der Waals surface area contributed by atoms with E-state index in [0.29, 0.717) is 10.5 Å². The van der Waals surface area contributed by atoms with E-state index in [2.05, 4.69) is 36.6 Å². The van der Waals surface area contributed by atoms with E-state index in [1.807, 2.05) is 24.3 Å². The van der Waals surface area contributed by atoms with Gasteiger partial charge in [-0.05, 0) is 54.9 Å². The molecule has 0 aliphatic heterocycles. The molecule has 2 bridgehead atoms. The molecule has 23 heavy (non-hydrogen) atoms. The van der Waals surface area contributed by atoms with Crippen LogP contribution in [0, 0.1) is 16.7 Å². The van der Waals surface area contributed by atoms with Crippen LogP contribution in [0.5, 0.6) is 5.75 Å². The lowest BCUT2D eigenvalue weighted by Crippen LogP contribution is -2.34. The summed E-state index contributed by atoms with van der Waals surface area (Å²) in [6.45, 7) is 7.10. The lowest BCUT2D eigenvalue weighted by Gasteiger charge is -2.34. The molecule has 0 aromatic heterocycles. The Morgan fingerprint density at radius 2 is 2.13 bits per heavy atom. The first-order valence-corrected chi connectivity index (χ1v) is 8.56. The summed E-state index contributed by atoms with van der Waals surface area (Å²) in [6, 6.07) is 7.68. The third-order valence-corrected chi connectivity index (χ3v) is 6.33. The van der Waals surface area contributed by atoms with Crippen molar-refractivity contribution in [2.45, 2.75) is 40.0 Å². The van der Waals surface area contributed by atoms with E-state index in [1.165, 1.54) is 18.6 Å². The summed E-state index contributed by atoms with van der Waals surface area (Å²) in [5, 5.41) is 8.30. The first kappa shape index (κ1) is 16.2. The van der Waals surface area contributed by atoms with Gasteiger partial charge in [-0.15, -0.1) is 0 Å². The van der Waals surface area contributed by atoms with E-state index in [9.17, 15) is 0 Å². The maximum Gasteiger partial charge on any atom is 0.191 e. The highest BCUT2D eigenvalue weighted by Crippen LogP contribution is 2.63. The normalized spacial score (nSPS) is 29.6. The van der Waals surface area contributed by atoms with Crippen molar-refractivity contribution in [2.24, 2.45) is 21.8 Å². The van der Waals surface area contributed by atoms with Gasteiger partial charge in [-0.2, -0.15) is 5.10 Å². The van der Waals surface area contributed by atoms with Gasteiger partial charge >= 0.3 is 0 Å². The molecular formula is C18H25N3OS. The van der Waals surface area contributed by atoms with Crippen molar-refractivity contribution in [2.75, 3.05) is 12.4 Å². The fourth-order valence-electron chi connectivity index (χ4n) is 4.08. The number of ether oxygens (including phenoxy) is 1. The summed E-state index contributed by atoms with van der Waals surface area (Å²) in [6.07, 6.45) is 3.62. The van der Waals surface area contributed by atoms with Gasteiger partial charge in [0.15, 0.2) is 5.11 Å². The largest absolute Gasteiger partial charge is 0.497 e. The summed E-state index contributed by atoms with van der Waals surface area (Å²) in [5.74, 6) is 1.54. The zero-order chi connectivity index (χ0) is 16.7. The van der Waals surface area contributed by atoms with Crippen LogP contribution in [-0.2, 0) is 0 Å². The number of benzene rings is 1. The highest BCUT2D eigenvalue weighted by Gasteiger charge is 2.59. The van der Waals surface area contributed by atoms with E-state index < -0.39 is 0 Å². The number of anilines is 1. The molecule has 3 rings (SSSR count). The van der Waals surface area contributed by atoms with Crippen LogP contribution in [0.25, 0.3) is 0 Å². The molecule has 1 aromatic rings. The third kappa shape index (κ3) is 2.71. The Kier molecular flexibility index (Phi) is 4.08. The van der Waals surface area contributed by atoms with Gasteiger partial charge in [0.25, 0.3) is 0 Å². The molecule has 2 atom stereocenters. The maximum absolute atomic E-state index is 5.36. The molecule has 2 aliphatic rings. The molecule has 4 nitrogen and oxygen atoms in total. The summed E-state index contributed by atoms with van der Waals surface area (Å²) >= 11 is 5.36. The lowest BCUT2D eigenvalue weighted by molar-refractivity contribution is 0.193. The fourth-order valence-corrected chi connectivity index (χ4v) is 4.24. The standard InChI is InChI=1S/C18H25N3OS/c1-17(2)12-8-9-18(17,3)15(10-12)20-21-16(23)19-13-6-5-7-14(11-13)22-4/h5-7,11-12H,8-10H2,1-4H3,(H2,19,21,23)/b20-15-/t12-,18-/m1/s1. The minimum Gasteiger partial charge on any atom is -0.497 e. The number of thiocarbonyl (C=S) groups is 1. The smallest absolute Gasteiger partial charge is 0.191 e. The summed E-state index contributed by atoms with van der Waals surface area (Å²) in [5.41, 5.74) is 5.69. The van der Waals surface area contributed by atoms with Crippen LogP contribution in [0.2, 0.25) is 0 Å². The van der Waals surface area contributed by atoms with Crippen LogP contribution in [0.3, 0.4) is 0 Å². The number of rotatable bonds is 3. The Labute approximate surface area is 143 Å². The lowest BCUT2D eigenvalue weighted by atomic mass is 9.70. The Hall–Kier alpha value is -1.62. The number of methoxy groups -OCH3 is 1. The zero-order valence-corrected chi connectivity index (χ0v) is 15.1. The van der Waals surface area contributed by atoms with Gasteiger partial charge in [-0.1, -0.05) is 26.8 Å². The molecular weight excluding hydrogens is 306 g/mol. The van der Waals surface area contributed by atoms with Crippen LogP contribution in [0.4, 0.5) is 5.69 Å². The monoisotopic (exact) mass is 331 g/mol. The molecule has 2 saturated carbocycles. The second kappa shape index (κ2) is 5.78. The number of hydrogen-bond acceptors (Lipinski definition) is 3. The van der Waals surface area contributed by atoms with Crippen LogP contribution >= 0.6 is 12.2 Å². The second-order valence-electron chi connectivity index (χ2n) is 7.35. The van der Waals surface area contributed by atoms with Crippen molar-refractivity contribution < 1.29 is 4.74 Å². The van der Waals surface area contributed by atoms with Gasteiger partial charge < -0.3 is 10.1 Å². The molecule has 1 aromatic carbocycles. The Bertz CT molecular complexity index is 655. The van der Waals surface area contributed by atoms with Gasteiger partial charge in [-0.3, -0.25) is 5.43 Å². The third-order valence-electron chi connectivity index (χ3n) is 6.13. The highest BCUT2D eigenvalue weighted by atomic mass is 32.1. The number of nitrogens with one attached hydrogen (secondary N) is 2. The number of fused-ring (bicyclic) bond motifs is 2. The van der Waals surface area contributed by atoms with Gasteiger partial charge in [0, 0.05) is 22.9 Å². The second-order valence-corrected chi connectivity index (χ2v) is 7.76. The van der Waals surface area contributed by atoms with Crippen molar-refractivity contribution in [3.63, 3.8) is 0 Å². The average Bonchev–Trinajstić information content (AvgIpc) is 2.86.